The first kappa shape index (κ1) is 11.2. The fourth-order valence-electron chi connectivity index (χ4n) is 2.57. The third-order valence-electron chi connectivity index (χ3n) is 3.54. The van der Waals surface area contributed by atoms with E-state index in [9.17, 15) is 5.11 Å². The van der Waals surface area contributed by atoms with Crippen LogP contribution in [0.1, 0.15) is 24.5 Å². The van der Waals surface area contributed by atoms with Crippen molar-refractivity contribution >= 4 is 11.8 Å². The minimum atomic E-state index is -0.414. The van der Waals surface area contributed by atoms with Gasteiger partial charge in [0.15, 0.2) is 0 Å². The van der Waals surface area contributed by atoms with Crippen molar-refractivity contribution in [2.75, 3.05) is 18.6 Å². The molecule has 2 heterocycles. The van der Waals surface area contributed by atoms with Crippen LogP contribution in [0.25, 0.3) is 0 Å². The molecule has 0 bridgehead atoms. The lowest BCUT2D eigenvalue weighted by molar-refractivity contribution is 0.00390. The summed E-state index contributed by atoms with van der Waals surface area (Å²) in [5.41, 5.74) is 0.719. The van der Waals surface area contributed by atoms with Gasteiger partial charge in [0, 0.05) is 23.8 Å². The number of hydrogen-bond acceptors (Lipinski definition) is 4. The third-order valence-corrected chi connectivity index (χ3v) is 4.76. The van der Waals surface area contributed by atoms with E-state index in [4.69, 9.17) is 9.47 Å². The molecule has 1 N–H and O–H groups in total. The summed E-state index contributed by atoms with van der Waals surface area (Å²) in [4.78, 5) is 0. The monoisotopic (exact) mass is 252 g/mol. The SMILES string of the molecule is COc1ccc2c(c1)OC1(CCSC1)CC2O. The van der Waals surface area contributed by atoms with Gasteiger partial charge in [-0.25, -0.2) is 0 Å². The van der Waals surface area contributed by atoms with E-state index in [1.54, 1.807) is 7.11 Å². The van der Waals surface area contributed by atoms with Crippen molar-refractivity contribution in [1.29, 1.82) is 0 Å². The zero-order valence-electron chi connectivity index (χ0n) is 9.81. The van der Waals surface area contributed by atoms with E-state index in [1.807, 2.05) is 30.0 Å². The van der Waals surface area contributed by atoms with Gasteiger partial charge in [-0.05, 0) is 24.3 Å². The summed E-state index contributed by atoms with van der Waals surface area (Å²) >= 11 is 1.90. The van der Waals surface area contributed by atoms with Crippen molar-refractivity contribution < 1.29 is 14.6 Å². The molecular weight excluding hydrogens is 236 g/mol. The van der Waals surface area contributed by atoms with Gasteiger partial charge < -0.3 is 14.6 Å². The number of fused-ring (bicyclic) bond motifs is 1. The van der Waals surface area contributed by atoms with Gasteiger partial charge in [0.2, 0.25) is 0 Å². The van der Waals surface area contributed by atoms with E-state index >= 15 is 0 Å². The number of aliphatic hydroxyl groups excluding tert-OH is 1. The van der Waals surface area contributed by atoms with Crippen LogP contribution in [0, 0.1) is 0 Å². The van der Waals surface area contributed by atoms with Gasteiger partial charge in [0.25, 0.3) is 0 Å². The van der Waals surface area contributed by atoms with Crippen LogP contribution in [0.4, 0.5) is 0 Å². The molecule has 2 unspecified atom stereocenters. The van der Waals surface area contributed by atoms with Gasteiger partial charge in [-0.2, -0.15) is 11.8 Å². The summed E-state index contributed by atoms with van der Waals surface area (Å²) in [6.45, 7) is 0. The van der Waals surface area contributed by atoms with E-state index in [0.29, 0.717) is 6.42 Å². The topological polar surface area (TPSA) is 38.7 Å². The molecule has 1 aromatic carbocycles. The molecule has 2 atom stereocenters. The van der Waals surface area contributed by atoms with Gasteiger partial charge in [-0.1, -0.05) is 0 Å². The van der Waals surface area contributed by atoms with Crippen LogP contribution >= 0.6 is 11.8 Å². The smallest absolute Gasteiger partial charge is 0.129 e. The first-order valence-electron chi connectivity index (χ1n) is 5.85. The Bertz CT molecular complexity index is 427. The minimum Gasteiger partial charge on any atom is -0.497 e. The normalized spacial score (nSPS) is 31.1. The van der Waals surface area contributed by atoms with E-state index in [2.05, 4.69) is 0 Å². The van der Waals surface area contributed by atoms with E-state index < -0.39 is 6.10 Å². The number of thioether (sulfide) groups is 1. The van der Waals surface area contributed by atoms with Crippen LogP contribution in [0.5, 0.6) is 11.5 Å². The molecule has 92 valence electrons. The summed E-state index contributed by atoms with van der Waals surface area (Å²) in [6, 6.07) is 5.64. The molecule has 1 fully saturated rings. The second-order valence-corrected chi connectivity index (χ2v) is 5.82. The quantitative estimate of drug-likeness (QED) is 0.833. The molecule has 4 heteroatoms. The van der Waals surface area contributed by atoms with Crippen LogP contribution in [-0.4, -0.2) is 29.3 Å². The molecule has 0 aliphatic carbocycles. The first-order chi connectivity index (χ1) is 8.22. The molecule has 0 saturated carbocycles. The fourth-order valence-corrected chi connectivity index (χ4v) is 3.93. The number of rotatable bonds is 1. The Morgan fingerprint density at radius 2 is 2.41 bits per heavy atom. The lowest BCUT2D eigenvalue weighted by Gasteiger charge is -2.37. The number of ether oxygens (including phenoxy) is 2. The summed E-state index contributed by atoms with van der Waals surface area (Å²) in [7, 11) is 1.64. The number of aliphatic hydroxyl groups is 1. The zero-order valence-corrected chi connectivity index (χ0v) is 10.6. The number of methoxy groups -OCH3 is 1. The summed E-state index contributed by atoms with van der Waals surface area (Å²) < 4.78 is 11.3. The Kier molecular flexibility index (Phi) is 2.71. The first-order valence-corrected chi connectivity index (χ1v) is 7.01. The third kappa shape index (κ3) is 1.89. The summed E-state index contributed by atoms with van der Waals surface area (Å²) in [5, 5.41) is 10.2. The average Bonchev–Trinajstić information content (AvgIpc) is 2.76. The highest BCUT2D eigenvalue weighted by Gasteiger charge is 2.43. The maximum atomic E-state index is 10.2. The van der Waals surface area contributed by atoms with Gasteiger partial charge >= 0.3 is 0 Å². The highest BCUT2D eigenvalue weighted by molar-refractivity contribution is 7.99. The average molecular weight is 252 g/mol. The second-order valence-electron chi connectivity index (χ2n) is 4.71. The molecule has 3 rings (SSSR count). The van der Waals surface area contributed by atoms with Crippen molar-refractivity contribution in [2.24, 2.45) is 0 Å². The standard InChI is InChI=1S/C13H16O3S/c1-15-9-2-3-10-11(14)7-13(4-5-17-8-13)16-12(10)6-9/h2-3,6,11,14H,4-5,7-8H2,1H3. The maximum Gasteiger partial charge on any atom is 0.129 e. The largest absolute Gasteiger partial charge is 0.497 e. The van der Waals surface area contributed by atoms with Gasteiger partial charge in [-0.15, -0.1) is 0 Å². The molecule has 1 aromatic rings. The molecule has 0 radical (unpaired) electrons. The molecular formula is C13H16O3S. The highest BCUT2D eigenvalue weighted by Crippen LogP contribution is 2.46. The molecule has 3 nitrogen and oxygen atoms in total. The minimum absolute atomic E-state index is 0.163. The van der Waals surface area contributed by atoms with Crippen LogP contribution in [0.15, 0.2) is 18.2 Å². The maximum absolute atomic E-state index is 10.2. The zero-order chi connectivity index (χ0) is 11.9. The van der Waals surface area contributed by atoms with E-state index in [1.165, 1.54) is 0 Å². The Hall–Kier alpha value is -0.870. The Labute approximate surface area is 105 Å². The Balaban J connectivity index is 1.97. The number of hydrogen-bond donors (Lipinski definition) is 1. The van der Waals surface area contributed by atoms with E-state index in [-0.39, 0.29) is 5.60 Å². The van der Waals surface area contributed by atoms with Gasteiger partial charge in [0.05, 0.1) is 13.2 Å². The summed E-state index contributed by atoms with van der Waals surface area (Å²) in [5.74, 6) is 3.65. The predicted octanol–water partition coefficient (Wildman–Crippen LogP) is 2.39. The lowest BCUT2D eigenvalue weighted by atomic mass is 9.88. The molecule has 17 heavy (non-hydrogen) atoms. The summed E-state index contributed by atoms with van der Waals surface area (Å²) in [6.07, 6.45) is 1.31. The number of benzene rings is 1. The molecule has 1 spiro atoms. The molecule has 0 aromatic heterocycles. The Morgan fingerprint density at radius 3 is 3.12 bits per heavy atom. The van der Waals surface area contributed by atoms with Crippen molar-refractivity contribution in [1.82, 2.24) is 0 Å². The van der Waals surface area contributed by atoms with E-state index in [0.717, 1.165) is 35.0 Å². The molecule has 2 aliphatic heterocycles. The molecule has 2 aliphatic rings. The lowest BCUT2D eigenvalue weighted by Crippen LogP contribution is -2.41. The van der Waals surface area contributed by atoms with Crippen LogP contribution in [-0.2, 0) is 0 Å². The van der Waals surface area contributed by atoms with Gasteiger partial charge in [0.1, 0.15) is 17.1 Å². The fraction of sp³-hybridized carbons (Fsp3) is 0.538. The van der Waals surface area contributed by atoms with Crippen LogP contribution < -0.4 is 9.47 Å². The van der Waals surface area contributed by atoms with Crippen molar-refractivity contribution in [3.63, 3.8) is 0 Å². The van der Waals surface area contributed by atoms with Gasteiger partial charge in [-0.3, -0.25) is 0 Å². The van der Waals surface area contributed by atoms with Crippen LogP contribution in [0.2, 0.25) is 0 Å². The molecule has 1 saturated heterocycles. The predicted molar refractivity (Wildman–Crippen MR) is 67.9 cm³/mol. The van der Waals surface area contributed by atoms with Crippen LogP contribution in [0.3, 0.4) is 0 Å². The van der Waals surface area contributed by atoms with Crippen molar-refractivity contribution in [3.8, 4) is 11.5 Å². The van der Waals surface area contributed by atoms with Crippen molar-refractivity contribution in [3.05, 3.63) is 23.8 Å². The molecule has 0 amide bonds. The highest BCUT2D eigenvalue weighted by atomic mass is 32.2. The Morgan fingerprint density at radius 1 is 1.53 bits per heavy atom. The van der Waals surface area contributed by atoms with Crippen molar-refractivity contribution in [2.45, 2.75) is 24.5 Å². The second kappa shape index (κ2) is 4.10.